The van der Waals surface area contributed by atoms with Gasteiger partial charge < -0.3 is 15.3 Å². The third kappa shape index (κ3) is 4.56. The molecule has 1 saturated heterocycles. The van der Waals surface area contributed by atoms with Crippen molar-refractivity contribution in [1.82, 2.24) is 10.2 Å². The standard InChI is InChI=1S/C11H18N2O4S/c1-2-13-6-8(5-9(13)14)11(17)12-3-4-18-7-10(15)16/h8H,2-7H2,1H3,(H,12,17)(H,15,16). The summed E-state index contributed by atoms with van der Waals surface area (Å²) in [5, 5.41) is 11.2. The van der Waals surface area contributed by atoms with Crippen LogP contribution in [-0.4, -0.2) is 58.9 Å². The number of likely N-dealkylation sites (tertiary alicyclic amines) is 1. The molecular formula is C11H18N2O4S. The Morgan fingerprint density at radius 3 is 2.83 bits per heavy atom. The van der Waals surface area contributed by atoms with Crippen LogP contribution in [0.25, 0.3) is 0 Å². The molecule has 1 unspecified atom stereocenters. The molecule has 0 saturated carbocycles. The summed E-state index contributed by atoms with van der Waals surface area (Å²) in [4.78, 5) is 35.1. The zero-order chi connectivity index (χ0) is 13.5. The van der Waals surface area contributed by atoms with Gasteiger partial charge in [0.15, 0.2) is 0 Å². The van der Waals surface area contributed by atoms with Crippen LogP contribution in [0.15, 0.2) is 0 Å². The van der Waals surface area contributed by atoms with E-state index in [1.807, 2.05) is 6.92 Å². The molecular weight excluding hydrogens is 256 g/mol. The molecule has 1 aliphatic heterocycles. The number of hydrogen-bond acceptors (Lipinski definition) is 4. The van der Waals surface area contributed by atoms with Crippen LogP contribution in [0.2, 0.25) is 0 Å². The molecule has 0 spiro atoms. The smallest absolute Gasteiger partial charge is 0.313 e. The van der Waals surface area contributed by atoms with Crippen molar-refractivity contribution in [1.29, 1.82) is 0 Å². The van der Waals surface area contributed by atoms with Crippen LogP contribution < -0.4 is 5.32 Å². The van der Waals surface area contributed by atoms with Gasteiger partial charge in [0.1, 0.15) is 0 Å². The SMILES string of the molecule is CCN1CC(C(=O)NCCSCC(=O)O)CC1=O. The molecule has 1 fully saturated rings. The van der Waals surface area contributed by atoms with Crippen molar-refractivity contribution in [2.75, 3.05) is 31.1 Å². The quantitative estimate of drug-likeness (QED) is 0.627. The third-order valence-corrected chi connectivity index (χ3v) is 3.68. The number of nitrogens with zero attached hydrogens (tertiary/aromatic N) is 1. The van der Waals surface area contributed by atoms with Gasteiger partial charge in [-0.2, -0.15) is 0 Å². The average molecular weight is 274 g/mol. The Morgan fingerprint density at radius 1 is 1.56 bits per heavy atom. The van der Waals surface area contributed by atoms with Gasteiger partial charge in [-0.1, -0.05) is 0 Å². The molecule has 0 bridgehead atoms. The molecule has 0 aromatic carbocycles. The molecule has 2 N–H and O–H groups in total. The van der Waals surface area contributed by atoms with E-state index in [0.29, 0.717) is 25.4 Å². The van der Waals surface area contributed by atoms with E-state index in [1.54, 1.807) is 4.90 Å². The molecule has 1 heterocycles. The van der Waals surface area contributed by atoms with Crippen molar-refractivity contribution in [3.63, 3.8) is 0 Å². The highest BCUT2D eigenvalue weighted by molar-refractivity contribution is 7.99. The summed E-state index contributed by atoms with van der Waals surface area (Å²) in [6.45, 7) is 3.45. The second-order valence-electron chi connectivity index (χ2n) is 4.07. The molecule has 0 aromatic rings. The van der Waals surface area contributed by atoms with Crippen molar-refractivity contribution >= 4 is 29.5 Å². The minimum atomic E-state index is -0.855. The van der Waals surface area contributed by atoms with Crippen LogP contribution in [0.4, 0.5) is 0 Å². The fourth-order valence-electron chi connectivity index (χ4n) is 1.80. The van der Waals surface area contributed by atoms with Gasteiger partial charge >= 0.3 is 5.97 Å². The van der Waals surface area contributed by atoms with Crippen LogP contribution in [-0.2, 0) is 14.4 Å². The molecule has 102 valence electrons. The molecule has 7 heteroatoms. The summed E-state index contributed by atoms with van der Waals surface area (Å²) >= 11 is 1.26. The minimum Gasteiger partial charge on any atom is -0.481 e. The van der Waals surface area contributed by atoms with E-state index in [1.165, 1.54) is 11.8 Å². The summed E-state index contributed by atoms with van der Waals surface area (Å²) in [5.41, 5.74) is 0. The zero-order valence-electron chi connectivity index (χ0n) is 10.3. The number of aliphatic carboxylic acids is 1. The lowest BCUT2D eigenvalue weighted by atomic mass is 10.1. The summed E-state index contributed by atoms with van der Waals surface area (Å²) in [5.74, 6) is -0.598. The Bertz CT molecular complexity index is 335. The fourth-order valence-corrected chi connectivity index (χ4v) is 2.37. The van der Waals surface area contributed by atoms with Gasteiger partial charge in [0.05, 0.1) is 11.7 Å². The summed E-state index contributed by atoms with van der Waals surface area (Å²) in [7, 11) is 0. The Hall–Kier alpha value is -1.24. The largest absolute Gasteiger partial charge is 0.481 e. The van der Waals surface area contributed by atoms with E-state index in [9.17, 15) is 14.4 Å². The molecule has 0 radical (unpaired) electrons. The molecule has 18 heavy (non-hydrogen) atoms. The lowest BCUT2D eigenvalue weighted by molar-refractivity contribution is -0.134. The topological polar surface area (TPSA) is 86.7 Å². The normalized spacial score (nSPS) is 19.1. The average Bonchev–Trinajstić information content (AvgIpc) is 2.69. The Kier molecular flexibility index (Phi) is 5.97. The molecule has 2 amide bonds. The highest BCUT2D eigenvalue weighted by Gasteiger charge is 2.32. The number of thioether (sulfide) groups is 1. The Labute approximate surface area is 110 Å². The number of carbonyl (C=O) groups is 3. The summed E-state index contributed by atoms with van der Waals surface area (Å²) in [6, 6.07) is 0. The molecule has 0 aromatic heterocycles. The minimum absolute atomic E-state index is 0.0258. The fraction of sp³-hybridized carbons (Fsp3) is 0.727. The predicted octanol–water partition coefficient (Wildman–Crippen LogP) is -0.211. The molecule has 6 nitrogen and oxygen atoms in total. The van der Waals surface area contributed by atoms with Gasteiger partial charge in [0.2, 0.25) is 11.8 Å². The zero-order valence-corrected chi connectivity index (χ0v) is 11.2. The maximum atomic E-state index is 11.7. The number of hydrogen-bond donors (Lipinski definition) is 2. The highest BCUT2D eigenvalue weighted by atomic mass is 32.2. The number of carbonyl (C=O) groups excluding carboxylic acids is 2. The second kappa shape index (κ2) is 7.25. The Balaban J connectivity index is 2.18. The number of amides is 2. The van der Waals surface area contributed by atoms with Gasteiger partial charge in [0, 0.05) is 31.8 Å². The maximum Gasteiger partial charge on any atom is 0.313 e. The van der Waals surface area contributed by atoms with Crippen molar-refractivity contribution in [2.45, 2.75) is 13.3 Å². The first-order valence-electron chi connectivity index (χ1n) is 5.89. The van der Waals surface area contributed by atoms with E-state index >= 15 is 0 Å². The van der Waals surface area contributed by atoms with Crippen LogP contribution >= 0.6 is 11.8 Å². The lowest BCUT2D eigenvalue weighted by Gasteiger charge is -2.13. The second-order valence-corrected chi connectivity index (χ2v) is 5.18. The first-order chi connectivity index (χ1) is 8.54. The van der Waals surface area contributed by atoms with Crippen molar-refractivity contribution in [2.24, 2.45) is 5.92 Å². The first-order valence-corrected chi connectivity index (χ1v) is 7.05. The number of carboxylic acid groups (broad SMARTS) is 1. The Morgan fingerprint density at radius 2 is 2.28 bits per heavy atom. The van der Waals surface area contributed by atoms with Crippen LogP contribution in [0, 0.1) is 5.92 Å². The third-order valence-electron chi connectivity index (χ3n) is 2.74. The van der Waals surface area contributed by atoms with E-state index in [0.717, 1.165) is 0 Å². The first kappa shape index (κ1) is 14.8. The van der Waals surface area contributed by atoms with E-state index in [2.05, 4.69) is 5.32 Å². The van der Waals surface area contributed by atoms with Crippen LogP contribution in [0.5, 0.6) is 0 Å². The van der Waals surface area contributed by atoms with E-state index < -0.39 is 5.97 Å². The van der Waals surface area contributed by atoms with Crippen molar-refractivity contribution in [3.8, 4) is 0 Å². The number of nitrogens with one attached hydrogen (secondary N) is 1. The van der Waals surface area contributed by atoms with E-state index in [4.69, 9.17) is 5.11 Å². The van der Waals surface area contributed by atoms with E-state index in [-0.39, 0.29) is 29.9 Å². The van der Waals surface area contributed by atoms with Gasteiger partial charge in [-0.05, 0) is 6.92 Å². The number of rotatable bonds is 7. The maximum absolute atomic E-state index is 11.7. The van der Waals surface area contributed by atoms with Gasteiger partial charge in [0.25, 0.3) is 0 Å². The number of carboxylic acids is 1. The lowest BCUT2D eigenvalue weighted by Crippen LogP contribution is -2.34. The van der Waals surface area contributed by atoms with Gasteiger partial charge in [-0.15, -0.1) is 11.8 Å². The monoisotopic (exact) mass is 274 g/mol. The molecule has 0 aliphatic carbocycles. The summed E-state index contributed by atoms with van der Waals surface area (Å²) < 4.78 is 0. The van der Waals surface area contributed by atoms with Crippen molar-refractivity contribution in [3.05, 3.63) is 0 Å². The van der Waals surface area contributed by atoms with Crippen LogP contribution in [0.1, 0.15) is 13.3 Å². The highest BCUT2D eigenvalue weighted by Crippen LogP contribution is 2.17. The van der Waals surface area contributed by atoms with Gasteiger partial charge in [-0.25, -0.2) is 0 Å². The van der Waals surface area contributed by atoms with Gasteiger partial charge in [-0.3, -0.25) is 14.4 Å². The molecule has 1 aliphatic rings. The summed E-state index contributed by atoms with van der Waals surface area (Å²) in [6.07, 6.45) is 0.280. The molecule has 1 atom stereocenters. The van der Waals surface area contributed by atoms with Crippen molar-refractivity contribution < 1.29 is 19.5 Å². The van der Waals surface area contributed by atoms with Crippen LogP contribution in [0.3, 0.4) is 0 Å². The predicted molar refractivity (Wildman–Crippen MR) is 68.3 cm³/mol. The molecule has 1 rings (SSSR count).